The smallest absolute Gasteiger partial charge is 0.0786 e. The molecule has 0 bridgehead atoms. The summed E-state index contributed by atoms with van der Waals surface area (Å²) in [6, 6.07) is 69.7. The van der Waals surface area contributed by atoms with Gasteiger partial charge in [-0.2, -0.15) is 0 Å². The van der Waals surface area contributed by atoms with E-state index in [1.165, 1.54) is 66.1 Å². The third-order valence-electron chi connectivity index (χ3n) is 9.74. The maximum atomic E-state index is 4.97. The van der Waals surface area contributed by atoms with Crippen molar-refractivity contribution in [2.45, 2.75) is 0 Å². The largest absolute Gasteiger partial charge is 0.256 e. The molecule has 1 aromatic heterocycles. The van der Waals surface area contributed by atoms with E-state index in [0.29, 0.717) is 0 Å². The maximum absolute atomic E-state index is 4.97. The van der Waals surface area contributed by atoms with E-state index in [1.807, 2.05) is 6.20 Å². The number of fused-ring (bicyclic) bond motifs is 2. The fourth-order valence-corrected chi connectivity index (χ4v) is 7.45. The Hall–Kier alpha value is -6.57. The number of rotatable bonds is 6. The number of nitrogens with zero attached hydrogens (tertiary/aromatic N) is 1. The van der Waals surface area contributed by atoms with Crippen LogP contribution in [0.3, 0.4) is 0 Å². The summed E-state index contributed by atoms with van der Waals surface area (Å²) in [4.78, 5) is 4.97. The Bertz CT molecular complexity index is 2590. The third kappa shape index (κ3) is 5.26. The monoisotopic (exact) mass is 635 g/mol. The van der Waals surface area contributed by atoms with Crippen molar-refractivity contribution < 1.29 is 0 Å². The quantitative estimate of drug-likeness (QED) is 0.166. The van der Waals surface area contributed by atoms with Gasteiger partial charge in [-0.1, -0.05) is 182 Å². The number of aromatic nitrogens is 1. The number of hydrogen-bond donors (Lipinski definition) is 0. The first-order valence-corrected chi connectivity index (χ1v) is 17.1. The molecule has 0 spiro atoms. The average molecular weight is 636 g/mol. The van der Waals surface area contributed by atoms with Crippen LogP contribution < -0.4 is 0 Å². The van der Waals surface area contributed by atoms with Crippen LogP contribution in [0, 0.1) is 0 Å². The van der Waals surface area contributed by atoms with Gasteiger partial charge in [0.2, 0.25) is 0 Å². The molecule has 0 saturated heterocycles. The topological polar surface area (TPSA) is 12.9 Å². The van der Waals surface area contributed by atoms with Crippen molar-refractivity contribution in [2.24, 2.45) is 0 Å². The molecule has 0 N–H and O–H groups in total. The fourth-order valence-electron chi connectivity index (χ4n) is 7.45. The molecule has 1 heteroatoms. The van der Waals surface area contributed by atoms with Gasteiger partial charge in [-0.25, -0.2) is 0 Å². The van der Waals surface area contributed by atoms with Gasteiger partial charge in [0.25, 0.3) is 0 Å². The highest BCUT2D eigenvalue weighted by Crippen LogP contribution is 2.45. The standard InChI is InChI=1S/C49H33N/c1-5-15-35(16-6-1)41-31-32-50-49(48(41)38-21-11-4-12-22-38)39-27-25-34(26-28-39)40-29-30-44-45(33-40)47(37-19-9-3-10-20-37)43-24-14-13-23-42(43)46(44)36-17-7-2-8-18-36/h1-33H. The molecule has 0 radical (unpaired) electrons. The lowest BCUT2D eigenvalue weighted by molar-refractivity contribution is 1.32. The molecule has 0 fully saturated rings. The Morgan fingerprint density at radius 1 is 0.260 bits per heavy atom. The van der Waals surface area contributed by atoms with Crippen LogP contribution in [-0.2, 0) is 0 Å². The molecular weight excluding hydrogens is 603 g/mol. The van der Waals surface area contributed by atoms with Crippen molar-refractivity contribution in [3.63, 3.8) is 0 Å². The summed E-state index contributed by atoms with van der Waals surface area (Å²) in [7, 11) is 0. The SMILES string of the molecule is c1ccc(-c2ccnc(-c3ccc(-c4ccc5c(-c6ccccc6)c6ccccc6c(-c6ccccc6)c5c4)cc3)c2-c2ccccc2)cc1. The van der Waals surface area contributed by atoms with Crippen LogP contribution in [0.1, 0.15) is 0 Å². The second-order valence-corrected chi connectivity index (χ2v) is 12.7. The van der Waals surface area contributed by atoms with Crippen molar-refractivity contribution in [3.8, 4) is 66.9 Å². The van der Waals surface area contributed by atoms with Crippen LogP contribution in [0.25, 0.3) is 88.4 Å². The van der Waals surface area contributed by atoms with Gasteiger partial charge in [-0.3, -0.25) is 4.98 Å². The molecule has 0 aliphatic rings. The second kappa shape index (κ2) is 12.8. The molecule has 1 nitrogen and oxygen atoms in total. The van der Waals surface area contributed by atoms with E-state index in [9.17, 15) is 0 Å². The number of benzene rings is 8. The molecule has 0 atom stereocenters. The van der Waals surface area contributed by atoms with Gasteiger partial charge >= 0.3 is 0 Å². The summed E-state index contributed by atoms with van der Waals surface area (Å²) in [6.45, 7) is 0. The van der Waals surface area contributed by atoms with Crippen LogP contribution in [0.4, 0.5) is 0 Å². The van der Waals surface area contributed by atoms with Crippen molar-refractivity contribution in [2.75, 3.05) is 0 Å². The predicted octanol–water partition coefficient (Wildman–Crippen LogP) is 13.4. The lowest BCUT2D eigenvalue weighted by Crippen LogP contribution is -1.94. The summed E-state index contributed by atoms with van der Waals surface area (Å²) in [6.07, 6.45) is 1.93. The van der Waals surface area contributed by atoms with Gasteiger partial charge in [0.15, 0.2) is 0 Å². The Morgan fingerprint density at radius 2 is 0.680 bits per heavy atom. The zero-order valence-corrected chi connectivity index (χ0v) is 27.5. The van der Waals surface area contributed by atoms with Crippen molar-refractivity contribution >= 4 is 21.5 Å². The third-order valence-corrected chi connectivity index (χ3v) is 9.74. The van der Waals surface area contributed by atoms with E-state index < -0.39 is 0 Å². The molecule has 0 saturated carbocycles. The molecule has 50 heavy (non-hydrogen) atoms. The Morgan fingerprint density at radius 3 is 1.24 bits per heavy atom. The fraction of sp³-hybridized carbons (Fsp3) is 0. The zero-order chi connectivity index (χ0) is 33.3. The average Bonchev–Trinajstić information content (AvgIpc) is 3.21. The lowest BCUT2D eigenvalue weighted by Gasteiger charge is -2.19. The molecule has 9 rings (SSSR count). The molecule has 0 aliphatic carbocycles. The van der Waals surface area contributed by atoms with Gasteiger partial charge < -0.3 is 0 Å². The van der Waals surface area contributed by atoms with Gasteiger partial charge in [-0.05, 0) is 83.7 Å². The Balaban J connectivity index is 1.22. The van der Waals surface area contributed by atoms with Crippen LogP contribution in [0.15, 0.2) is 200 Å². The van der Waals surface area contributed by atoms with E-state index >= 15 is 0 Å². The summed E-state index contributed by atoms with van der Waals surface area (Å²) in [5.74, 6) is 0. The summed E-state index contributed by atoms with van der Waals surface area (Å²) in [5, 5.41) is 5.03. The van der Waals surface area contributed by atoms with E-state index in [-0.39, 0.29) is 0 Å². The van der Waals surface area contributed by atoms with E-state index in [1.54, 1.807) is 0 Å². The van der Waals surface area contributed by atoms with Crippen molar-refractivity contribution in [1.82, 2.24) is 4.98 Å². The van der Waals surface area contributed by atoms with E-state index in [2.05, 4.69) is 194 Å². The number of hydrogen-bond acceptors (Lipinski definition) is 1. The molecule has 0 aliphatic heterocycles. The van der Waals surface area contributed by atoms with Gasteiger partial charge in [-0.15, -0.1) is 0 Å². The van der Waals surface area contributed by atoms with Crippen LogP contribution in [-0.4, -0.2) is 4.98 Å². The van der Waals surface area contributed by atoms with Crippen LogP contribution in [0.2, 0.25) is 0 Å². The molecule has 0 unspecified atom stereocenters. The predicted molar refractivity (Wildman–Crippen MR) is 212 cm³/mol. The highest BCUT2D eigenvalue weighted by Gasteiger charge is 2.18. The highest BCUT2D eigenvalue weighted by atomic mass is 14.7. The van der Waals surface area contributed by atoms with Crippen molar-refractivity contribution in [3.05, 3.63) is 200 Å². The molecular formula is C49H33N. The van der Waals surface area contributed by atoms with Gasteiger partial charge in [0.05, 0.1) is 5.69 Å². The van der Waals surface area contributed by atoms with E-state index in [0.717, 1.165) is 22.4 Å². The highest BCUT2D eigenvalue weighted by molar-refractivity contribution is 6.22. The first kappa shape index (κ1) is 29.6. The zero-order valence-electron chi connectivity index (χ0n) is 27.5. The van der Waals surface area contributed by atoms with Crippen LogP contribution >= 0.6 is 0 Å². The summed E-state index contributed by atoms with van der Waals surface area (Å²) < 4.78 is 0. The van der Waals surface area contributed by atoms with Crippen molar-refractivity contribution in [1.29, 1.82) is 0 Å². The first-order chi connectivity index (χ1) is 24.8. The minimum atomic E-state index is 0.980. The maximum Gasteiger partial charge on any atom is 0.0786 e. The van der Waals surface area contributed by atoms with Crippen LogP contribution in [0.5, 0.6) is 0 Å². The summed E-state index contributed by atoms with van der Waals surface area (Å²) in [5.41, 5.74) is 14.1. The molecule has 1 heterocycles. The normalized spacial score (nSPS) is 11.2. The minimum Gasteiger partial charge on any atom is -0.256 e. The Labute approximate surface area is 292 Å². The van der Waals surface area contributed by atoms with Gasteiger partial charge in [0.1, 0.15) is 0 Å². The Kier molecular flexibility index (Phi) is 7.57. The second-order valence-electron chi connectivity index (χ2n) is 12.7. The molecule has 8 aromatic carbocycles. The number of pyridine rings is 1. The molecule has 234 valence electrons. The molecule has 0 amide bonds. The first-order valence-electron chi connectivity index (χ1n) is 17.1. The minimum absolute atomic E-state index is 0.980. The lowest BCUT2D eigenvalue weighted by atomic mass is 9.85. The summed E-state index contributed by atoms with van der Waals surface area (Å²) >= 11 is 0. The molecule has 9 aromatic rings. The van der Waals surface area contributed by atoms with E-state index in [4.69, 9.17) is 4.98 Å². The van der Waals surface area contributed by atoms with Gasteiger partial charge in [0, 0.05) is 17.3 Å².